The number of benzene rings is 1. The van der Waals surface area contributed by atoms with Gasteiger partial charge >= 0.3 is 5.97 Å². The molecule has 0 unspecified atom stereocenters. The standard InChI is InChI=1S/C21H24N2O5S/c1-12-14(3)29-21-18(12)20(25)22-19(23-21)13(2)28-17(24)6-5-11-27-16-9-7-15(26-4)8-10-16/h7-10,13H,5-6,11H2,1-4H3,(H,22,23,25)/t13-/m1/s1. The van der Waals surface area contributed by atoms with E-state index < -0.39 is 6.10 Å². The van der Waals surface area contributed by atoms with Crippen molar-refractivity contribution in [2.75, 3.05) is 13.7 Å². The Morgan fingerprint density at radius 2 is 1.90 bits per heavy atom. The van der Waals surface area contributed by atoms with Crippen LogP contribution in [0.15, 0.2) is 29.1 Å². The summed E-state index contributed by atoms with van der Waals surface area (Å²) in [5, 5.41) is 0.602. The van der Waals surface area contributed by atoms with Crippen molar-refractivity contribution in [3.05, 3.63) is 50.9 Å². The zero-order chi connectivity index (χ0) is 21.0. The Balaban J connectivity index is 1.51. The van der Waals surface area contributed by atoms with Gasteiger partial charge in [0.05, 0.1) is 19.1 Å². The third kappa shape index (κ3) is 4.95. The number of aromatic nitrogens is 2. The number of H-pyrrole nitrogens is 1. The summed E-state index contributed by atoms with van der Waals surface area (Å²) in [6, 6.07) is 7.25. The van der Waals surface area contributed by atoms with Crippen LogP contribution in [0.2, 0.25) is 0 Å². The lowest BCUT2D eigenvalue weighted by atomic mass is 10.2. The van der Waals surface area contributed by atoms with Gasteiger partial charge in [0, 0.05) is 11.3 Å². The first-order valence-electron chi connectivity index (χ1n) is 9.35. The second-order valence-electron chi connectivity index (χ2n) is 6.67. The third-order valence-electron chi connectivity index (χ3n) is 4.60. The minimum absolute atomic E-state index is 0.206. The van der Waals surface area contributed by atoms with E-state index in [1.807, 2.05) is 38.1 Å². The average molecular weight is 416 g/mol. The molecule has 154 valence electrons. The van der Waals surface area contributed by atoms with Crippen LogP contribution < -0.4 is 15.0 Å². The first-order valence-corrected chi connectivity index (χ1v) is 10.2. The Morgan fingerprint density at radius 1 is 1.21 bits per heavy atom. The number of carbonyl (C=O) groups is 1. The predicted molar refractivity (Wildman–Crippen MR) is 112 cm³/mol. The molecule has 3 rings (SSSR count). The zero-order valence-corrected chi connectivity index (χ0v) is 17.7. The highest BCUT2D eigenvalue weighted by Gasteiger charge is 2.18. The molecule has 2 heterocycles. The summed E-state index contributed by atoms with van der Waals surface area (Å²) in [4.78, 5) is 33.4. The number of thiophene rings is 1. The van der Waals surface area contributed by atoms with E-state index in [-0.39, 0.29) is 17.9 Å². The molecule has 1 aromatic carbocycles. The van der Waals surface area contributed by atoms with Gasteiger partial charge in [-0.2, -0.15) is 0 Å². The molecular formula is C21H24N2O5S. The van der Waals surface area contributed by atoms with Gasteiger partial charge in [-0.3, -0.25) is 9.59 Å². The fourth-order valence-electron chi connectivity index (χ4n) is 2.85. The van der Waals surface area contributed by atoms with Crippen LogP contribution in [-0.2, 0) is 9.53 Å². The van der Waals surface area contributed by atoms with Crippen molar-refractivity contribution in [1.82, 2.24) is 9.97 Å². The third-order valence-corrected chi connectivity index (χ3v) is 5.71. The van der Waals surface area contributed by atoms with Gasteiger partial charge in [-0.1, -0.05) is 0 Å². The van der Waals surface area contributed by atoms with E-state index in [9.17, 15) is 9.59 Å². The lowest BCUT2D eigenvalue weighted by Gasteiger charge is -2.13. The molecule has 2 aromatic heterocycles. The number of rotatable bonds is 8. The van der Waals surface area contributed by atoms with Crippen LogP contribution in [0.4, 0.5) is 0 Å². The van der Waals surface area contributed by atoms with Gasteiger partial charge in [0.15, 0.2) is 11.9 Å². The monoisotopic (exact) mass is 416 g/mol. The molecule has 0 bridgehead atoms. The Kier molecular flexibility index (Phi) is 6.53. The number of esters is 1. The number of hydrogen-bond donors (Lipinski definition) is 1. The Labute approximate surface area is 172 Å². The van der Waals surface area contributed by atoms with E-state index in [1.54, 1.807) is 14.0 Å². The van der Waals surface area contributed by atoms with E-state index in [4.69, 9.17) is 14.2 Å². The van der Waals surface area contributed by atoms with Crippen molar-refractivity contribution in [3.63, 3.8) is 0 Å². The van der Waals surface area contributed by atoms with E-state index in [2.05, 4.69) is 9.97 Å². The maximum Gasteiger partial charge on any atom is 0.306 e. The van der Waals surface area contributed by atoms with E-state index in [0.717, 1.165) is 16.2 Å². The van der Waals surface area contributed by atoms with Gasteiger partial charge in [-0.25, -0.2) is 4.98 Å². The smallest absolute Gasteiger partial charge is 0.306 e. The topological polar surface area (TPSA) is 90.5 Å². The quantitative estimate of drug-likeness (QED) is 0.440. The number of fused-ring (bicyclic) bond motifs is 1. The van der Waals surface area contributed by atoms with Gasteiger partial charge in [0.2, 0.25) is 0 Å². The summed E-state index contributed by atoms with van der Waals surface area (Å²) in [7, 11) is 1.61. The molecule has 0 fully saturated rings. The van der Waals surface area contributed by atoms with Crippen molar-refractivity contribution in [2.24, 2.45) is 0 Å². The van der Waals surface area contributed by atoms with Gasteiger partial charge < -0.3 is 19.2 Å². The van der Waals surface area contributed by atoms with Crippen molar-refractivity contribution in [2.45, 2.75) is 39.7 Å². The molecule has 0 saturated heterocycles. The summed E-state index contributed by atoms with van der Waals surface area (Å²) in [5.74, 6) is 1.46. The number of hydrogen-bond acceptors (Lipinski definition) is 7. The molecule has 3 aromatic rings. The zero-order valence-electron chi connectivity index (χ0n) is 16.9. The SMILES string of the molecule is COc1ccc(OCCCC(=O)O[C@H](C)c2nc3sc(C)c(C)c3c(=O)[nH]2)cc1. The maximum absolute atomic E-state index is 12.4. The first kappa shape index (κ1) is 20.9. The van der Waals surface area contributed by atoms with Crippen LogP contribution >= 0.6 is 11.3 Å². The Bertz CT molecular complexity index is 1060. The summed E-state index contributed by atoms with van der Waals surface area (Å²) < 4.78 is 16.1. The van der Waals surface area contributed by atoms with E-state index in [1.165, 1.54) is 11.3 Å². The molecule has 0 aliphatic carbocycles. The fourth-order valence-corrected chi connectivity index (χ4v) is 3.89. The van der Waals surface area contributed by atoms with Crippen LogP contribution in [-0.4, -0.2) is 29.7 Å². The number of nitrogens with one attached hydrogen (secondary N) is 1. The van der Waals surface area contributed by atoms with Crippen LogP contribution in [0.1, 0.15) is 42.1 Å². The van der Waals surface area contributed by atoms with Crippen LogP contribution in [0.5, 0.6) is 11.5 Å². The molecule has 0 spiro atoms. The number of methoxy groups -OCH3 is 1. The van der Waals surface area contributed by atoms with Gasteiger partial charge in [-0.15, -0.1) is 11.3 Å². The lowest BCUT2D eigenvalue weighted by Crippen LogP contribution is -2.17. The predicted octanol–water partition coefficient (Wildman–Crippen LogP) is 4.07. The molecular weight excluding hydrogens is 392 g/mol. The second kappa shape index (κ2) is 9.09. The molecule has 0 aliphatic rings. The molecule has 0 radical (unpaired) electrons. The first-order chi connectivity index (χ1) is 13.9. The molecule has 0 aliphatic heterocycles. The van der Waals surface area contributed by atoms with Gasteiger partial charge in [-0.05, 0) is 57.0 Å². The number of ether oxygens (including phenoxy) is 3. The van der Waals surface area contributed by atoms with Crippen LogP contribution in [0.3, 0.4) is 0 Å². The molecule has 0 saturated carbocycles. The summed E-state index contributed by atoms with van der Waals surface area (Å²) >= 11 is 1.46. The van der Waals surface area contributed by atoms with Gasteiger partial charge in [0.25, 0.3) is 5.56 Å². The highest BCUT2D eigenvalue weighted by Crippen LogP contribution is 2.27. The number of nitrogens with zero attached hydrogens (tertiary/aromatic N) is 1. The van der Waals surface area contributed by atoms with Gasteiger partial charge in [0.1, 0.15) is 16.3 Å². The summed E-state index contributed by atoms with van der Waals surface area (Å²) in [6.07, 6.45) is 0.0958. The molecule has 1 atom stereocenters. The highest BCUT2D eigenvalue weighted by atomic mass is 32.1. The van der Waals surface area contributed by atoms with E-state index >= 15 is 0 Å². The maximum atomic E-state index is 12.4. The molecule has 8 heteroatoms. The van der Waals surface area contributed by atoms with Crippen LogP contribution in [0, 0.1) is 13.8 Å². The number of carbonyl (C=O) groups excluding carboxylic acids is 1. The number of aromatic amines is 1. The van der Waals surface area contributed by atoms with Crippen molar-refractivity contribution >= 4 is 27.5 Å². The van der Waals surface area contributed by atoms with E-state index in [0.29, 0.717) is 34.8 Å². The van der Waals surface area contributed by atoms with Crippen molar-refractivity contribution in [1.29, 1.82) is 0 Å². The van der Waals surface area contributed by atoms with Crippen molar-refractivity contribution < 1.29 is 19.0 Å². The fraction of sp³-hybridized carbons (Fsp3) is 0.381. The lowest BCUT2D eigenvalue weighted by molar-refractivity contribution is -0.149. The van der Waals surface area contributed by atoms with Crippen molar-refractivity contribution in [3.8, 4) is 11.5 Å². The Hall–Kier alpha value is -2.87. The summed E-state index contributed by atoms with van der Waals surface area (Å²) in [5.41, 5.74) is 0.731. The average Bonchev–Trinajstić information content (AvgIpc) is 2.99. The molecule has 1 N–H and O–H groups in total. The highest BCUT2D eigenvalue weighted by molar-refractivity contribution is 7.18. The molecule has 7 nitrogen and oxygen atoms in total. The second-order valence-corrected chi connectivity index (χ2v) is 7.88. The molecule has 29 heavy (non-hydrogen) atoms. The Morgan fingerprint density at radius 3 is 2.59 bits per heavy atom. The minimum atomic E-state index is -0.634. The normalized spacial score (nSPS) is 12.0. The summed E-state index contributed by atoms with van der Waals surface area (Å²) in [6.45, 7) is 5.95. The minimum Gasteiger partial charge on any atom is -0.497 e. The number of aryl methyl sites for hydroxylation is 2. The van der Waals surface area contributed by atoms with Crippen LogP contribution in [0.25, 0.3) is 10.2 Å². The largest absolute Gasteiger partial charge is 0.497 e. The molecule has 0 amide bonds.